The summed E-state index contributed by atoms with van der Waals surface area (Å²) in [5.41, 5.74) is 9.12. The summed E-state index contributed by atoms with van der Waals surface area (Å²) in [6.45, 7) is 2.54. The average molecular weight is 281 g/mol. The first-order chi connectivity index (χ1) is 10.2. The van der Waals surface area contributed by atoms with Crippen LogP contribution in [0, 0.1) is 6.92 Å². The molecule has 106 valence electrons. The van der Waals surface area contributed by atoms with Crippen LogP contribution in [0.3, 0.4) is 0 Å². The van der Waals surface area contributed by atoms with Gasteiger partial charge in [0.15, 0.2) is 12.0 Å². The van der Waals surface area contributed by atoms with Gasteiger partial charge < -0.3 is 10.2 Å². The van der Waals surface area contributed by atoms with Crippen LogP contribution in [-0.4, -0.2) is 16.1 Å². The number of anilines is 1. The predicted octanol–water partition coefficient (Wildman–Crippen LogP) is 2.89. The molecular formula is C16H15N3O2. The van der Waals surface area contributed by atoms with Gasteiger partial charge in [-0.15, -0.1) is 0 Å². The maximum atomic E-state index is 11.3. The molecular weight excluding hydrogens is 266 g/mol. The van der Waals surface area contributed by atoms with E-state index in [0.717, 1.165) is 5.56 Å². The number of rotatable bonds is 4. The molecule has 5 nitrogen and oxygen atoms in total. The molecule has 3 rings (SSSR count). The fourth-order valence-corrected chi connectivity index (χ4v) is 2.19. The molecule has 0 saturated carbocycles. The number of nitrogens with two attached hydrogens (primary N) is 1. The van der Waals surface area contributed by atoms with E-state index in [0.29, 0.717) is 35.7 Å². The Bertz CT molecular complexity index is 756. The van der Waals surface area contributed by atoms with Crippen LogP contribution in [0.2, 0.25) is 0 Å². The number of carbonyl (C=O) groups is 1. The number of furan rings is 1. The maximum absolute atomic E-state index is 11.3. The highest BCUT2D eigenvalue weighted by molar-refractivity contribution is 5.90. The summed E-state index contributed by atoms with van der Waals surface area (Å²) < 4.78 is 6.92. The van der Waals surface area contributed by atoms with Gasteiger partial charge in [0.1, 0.15) is 11.5 Å². The first-order valence-corrected chi connectivity index (χ1v) is 6.60. The zero-order valence-corrected chi connectivity index (χ0v) is 11.6. The molecule has 2 heterocycles. The molecule has 0 aliphatic heterocycles. The van der Waals surface area contributed by atoms with Crippen LogP contribution >= 0.6 is 0 Å². The minimum Gasteiger partial charge on any atom is -0.463 e. The third-order valence-corrected chi connectivity index (χ3v) is 3.36. The number of carbonyl (C=O) groups excluding carboxylic acids is 1. The van der Waals surface area contributed by atoms with E-state index in [1.165, 1.54) is 5.56 Å². The van der Waals surface area contributed by atoms with E-state index >= 15 is 0 Å². The molecule has 0 fully saturated rings. The standard InChI is InChI=1S/C16H15N3O2/c1-11-4-6-12(7-5-11)9-19-16(17)13(10-20)15(18-19)14-3-2-8-21-14/h2-8,10H,9,17H2,1H3. The van der Waals surface area contributed by atoms with E-state index in [9.17, 15) is 4.79 Å². The predicted molar refractivity (Wildman–Crippen MR) is 80.0 cm³/mol. The highest BCUT2D eigenvalue weighted by Crippen LogP contribution is 2.26. The van der Waals surface area contributed by atoms with Gasteiger partial charge in [-0.1, -0.05) is 29.8 Å². The van der Waals surface area contributed by atoms with Gasteiger partial charge in [0.05, 0.1) is 18.4 Å². The van der Waals surface area contributed by atoms with Crippen LogP contribution in [0.5, 0.6) is 0 Å². The Balaban J connectivity index is 2.00. The summed E-state index contributed by atoms with van der Waals surface area (Å²) >= 11 is 0. The number of hydrogen-bond acceptors (Lipinski definition) is 4. The van der Waals surface area contributed by atoms with Crippen molar-refractivity contribution in [3.63, 3.8) is 0 Å². The van der Waals surface area contributed by atoms with E-state index in [-0.39, 0.29) is 0 Å². The third-order valence-electron chi connectivity index (χ3n) is 3.36. The Morgan fingerprint density at radius 3 is 2.67 bits per heavy atom. The molecule has 1 aromatic carbocycles. The number of aryl methyl sites for hydroxylation is 1. The van der Waals surface area contributed by atoms with Crippen LogP contribution in [0.25, 0.3) is 11.5 Å². The van der Waals surface area contributed by atoms with Crippen molar-refractivity contribution in [3.05, 3.63) is 59.4 Å². The highest BCUT2D eigenvalue weighted by Gasteiger charge is 2.18. The van der Waals surface area contributed by atoms with Crippen LogP contribution in [-0.2, 0) is 6.54 Å². The molecule has 0 radical (unpaired) electrons. The smallest absolute Gasteiger partial charge is 0.156 e. The number of aromatic nitrogens is 2. The van der Waals surface area contributed by atoms with Crippen LogP contribution in [0.15, 0.2) is 47.1 Å². The van der Waals surface area contributed by atoms with Crippen molar-refractivity contribution in [3.8, 4) is 11.5 Å². The lowest BCUT2D eigenvalue weighted by molar-refractivity contribution is 0.112. The van der Waals surface area contributed by atoms with Gasteiger partial charge in [-0.3, -0.25) is 4.79 Å². The second-order valence-electron chi connectivity index (χ2n) is 4.89. The van der Waals surface area contributed by atoms with Crippen molar-refractivity contribution >= 4 is 12.1 Å². The third kappa shape index (κ3) is 2.45. The van der Waals surface area contributed by atoms with Gasteiger partial charge in [0.2, 0.25) is 0 Å². The Labute approximate surface area is 122 Å². The lowest BCUT2D eigenvalue weighted by atomic mass is 10.1. The second kappa shape index (κ2) is 5.28. The summed E-state index contributed by atoms with van der Waals surface area (Å²) in [5, 5.41) is 4.41. The molecule has 0 atom stereocenters. The van der Waals surface area contributed by atoms with E-state index in [1.807, 2.05) is 31.2 Å². The molecule has 2 N–H and O–H groups in total. The summed E-state index contributed by atoms with van der Waals surface area (Å²) in [5.74, 6) is 0.878. The Morgan fingerprint density at radius 2 is 2.05 bits per heavy atom. The molecule has 0 aliphatic rings. The topological polar surface area (TPSA) is 74.0 Å². The zero-order valence-electron chi connectivity index (χ0n) is 11.6. The van der Waals surface area contributed by atoms with Crippen molar-refractivity contribution in [2.75, 3.05) is 5.73 Å². The van der Waals surface area contributed by atoms with E-state index in [2.05, 4.69) is 5.10 Å². The lowest BCUT2D eigenvalue weighted by Crippen LogP contribution is -2.06. The Hall–Kier alpha value is -2.82. The van der Waals surface area contributed by atoms with Crippen LogP contribution in [0.1, 0.15) is 21.5 Å². The van der Waals surface area contributed by atoms with Gasteiger partial charge in [-0.05, 0) is 24.6 Å². The van der Waals surface area contributed by atoms with Gasteiger partial charge in [0, 0.05) is 0 Å². The van der Waals surface area contributed by atoms with Crippen molar-refractivity contribution in [2.45, 2.75) is 13.5 Å². The van der Waals surface area contributed by atoms with Crippen LogP contribution in [0.4, 0.5) is 5.82 Å². The number of nitrogen functional groups attached to an aromatic ring is 1. The molecule has 0 aliphatic carbocycles. The van der Waals surface area contributed by atoms with Crippen molar-refractivity contribution in [1.29, 1.82) is 0 Å². The average Bonchev–Trinajstić information content (AvgIpc) is 3.10. The van der Waals surface area contributed by atoms with Crippen molar-refractivity contribution in [2.24, 2.45) is 0 Å². The monoisotopic (exact) mass is 281 g/mol. The molecule has 3 aromatic rings. The molecule has 0 saturated heterocycles. The maximum Gasteiger partial charge on any atom is 0.156 e. The summed E-state index contributed by atoms with van der Waals surface area (Å²) in [7, 11) is 0. The number of benzene rings is 1. The summed E-state index contributed by atoms with van der Waals surface area (Å²) in [6, 6.07) is 11.6. The van der Waals surface area contributed by atoms with Gasteiger partial charge in [-0.25, -0.2) is 4.68 Å². The summed E-state index contributed by atoms with van der Waals surface area (Å²) in [4.78, 5) is 11.3. The molecule has 0 amide bonds. The molecule has 0 spiro atoms. The largest absolute Gasteiger partial charge is 0.463 e. The number of nitrogens with zero attached hydrogens (tertiary/aromatic N) is 2. The fraction of sp³-hybridized carbons (Fsp3) is 0.125. The fourth-order valence-electron chi connectivity index (χ4n) is 2.19. The zero-order chi connectivity index (χ0) is 14.8. The quantitative estimate of drug-likeness (QED) is 0.746. The van der Waals surface area contributed by atoms with Gasteiger partial charge in [-0.2, -0.15) is 5.10 Å². The SMILES string of the molecule is Cc1ccc(Cn2nc(-c3ccco3)c(C=O)c2N)cc1. The molecule has 5 heteroatoms. The van der Waals surface area contributed by atoms with Crippen molar-refractivity contribution < 1.29 is 9.21 Å². The number of aldehydes is 1. The van der Waals surface area contributed by atoms with Gasteiger partial charge >= 0.3 is 0 Å². The van der Waals surface area contributed by atoms with Crippen LogP contribution < -0.4 is 5.73 Å². The minimum absolute atomic E-state index is 0.344. The molecule has 0 unspecified atom stereocenters. The first-order valence-electron chi connectivity index (χ1n) is 6.60. The molecule has 0 bridgehead atoms. The Morgan fingerprint density at radius 1 is 1.29 bits per heavy atom. The normalized spacial score (nSPS) is 10.7. The lowest BCUT2D eigenvalue weighted by Gasteiger charge is -2.04. The second-order valence-corrected chi connectivity index (χ2v) is 4.89. The van der Waals surface area contributed by atoms with Crippen molar-refractivity contribution in [1.82, 2.24) is 9.78 Å². The summed E-state index contributed by atoms with van der Waals surface area (Å²) in [6.07, 6.45) is 2.25. The minimum atomic E-state index is 0.344. The van der Waals surface area contributed by atoms with E-state index in [4.69, 9.17) is 10.2 Å². The van der Waals surface area contributed by atoms with Gasteiger partial charge in [0.25, 0.3) is 0 Å². The highest BCUT2D eigenvalue weighted by atomic mass is 16.3. The molecule has 21 heavy (non-hydrogen) atoms. The van der Waals surface area contributed by atoms with E-state index < -0.39 is 0 Å². The number of hydrogen-bond donors (Lipinski definition) is 1. The first kappa shape index (κ1) is 13.2. The Kier molecular flexibility index (Phi) is 3.31. The molecule has 2 aromatic heterocycles. The van der Waals surface area contributed by atoms with E-state index in [1.54, 1.807) is 23.1 Å².